The van der Waals surface area contributed by atoms with Gasteiger partial charge in [0.2, 0.25) is 10.0 Å². The molecular weight excluding hydrogens is 587 g/mol. The van der Waals surface area contributed by atoms with Crippen molar-refractivity contribution in [2.24, 2.45) is 0 Å². The van der Waals surface area contributed by atoms with Crippen LogP contribution in [-0.2, 0) is 16.6 Å². The molecule has 3 amide bonds. The molecule has 1 fully saturated rings. The number of benzene rings is 2. The second kappa shape index (κ2) is 15.3. The SMILES string of the molecule is CC(C)(C)NS(=O)(=O)c1cc(NC(=O)NCc2ccccc2)ccc1-c1cnc(C2CCCCC2)s1.CC(C)NC(=O)O. The van der Waals surface area contributed by atoms with Gasteiger partial charge in [0.15, 0.2) is 0 Å². The number of anilines is 1. The van der Waals surface area contributed by atoms with E-state index in [1.165, 1.54) is 25.3 Å². The van der Waals surface area contributed by atoms with Gasteiger partial charge < -0.3 is 21.1 Å². The summed E-state index contributed by atoms with van der Waals surface area (Å²) < 4.78 is 29.6. The Hall–Kier alpha value is -3.48. The minimum Gasteiger partial charge on any atom is -0.465 e. The van der Waals surface area contributed by atoms with E-state index < -0.39 is 27.7 Å². The Balaban J connectivity index is 0.000000646. The number of amides is 3. The van der Waals surface area contributed by atoms with E-state index in [4.69, 9.17) is 5.11 Å². The zero-order valence-electron chi connectivity index (χ0n) is 25.4. The van der Waals surface area contributed by atoms with E-state index in [0.717, 1.165) is 28.3 Å². The van der Waals surface area contributed by atoms with E-state index in [-0.39, 0.29) is 10.9 Å². The summed E-state index contributed by atoms with van der Waals surface area (Å²) in [6.45, 7) is 9.32. The van der Waals surface area contributed by atoms with Gasteiger partial charge in [-0.3, -0.25) is 0 Å². The van der Waals surface area contributed by atoms with Crippen LogP contribution in [0, 0.1) is 0 Å². The van der Waals surface area contributed by atoms with Gasteiger partial charge in [0.1, 0.15) is 0 Å². The zero-order chi connectivity index (χ0) is 31.6. The molecule has 12 heteroatoms. The molecule has 0 bridgehead atoms. The van der Waals surface area contributed by atoms with Crippen LogP contribution in [-0.4, -0.2) is 42.2 Å². The summed E-state index contributed by atoms with van der Waals surface area (Å²) in [5.41, 5.74) is 1.30. The lowest BCUT2D eigenvalue weighted by atomic mass is 9.90. The Kier molecular flexibility index (Phi) is 12.1. The number of thiazole rings is 1. The molecule has 0 aliphatic heterocycles. The molecule has 1 aliphatic rings. The Bertz CT molecular complexity index is 1460. The molecule has 0 atom stereocenters. The van der Waals surface area contributed by atoms with Gasteiger partial charge in [-0.05, 0) is 65.2 Å². The number of nitrogens with one attached hydrogen (secondary N) is 4. The van der Waals surface area contributed by atoms with Gasteiger partial charge >= 0.3 is 12.1 Å². The molecule has 0 unspecified atom stereocenters. The highest BCUT2D eigenvalue weighted by Crippen LogP contribution is 2.39. The highest BCUT2D eigenvalue weighted by atomic mass is 32.2. The molecule has 1 saturated carbocycles. The third-order valence-electron chi connectivity index (χ3n) is 6.42. The summed E-state index contributed by atoms with van der Waals surface area (Å²) >= 11 is 1.56. The molecule has 10 nitrogen and oxygen atoms in total. The maximum atomic E-state index is 13.4. The zero-order valence-corrected chi connectivity index (χ0v) is 27.1. The van der Waals surface area contributed by atoms with E-state index in [9.17, 15) is 18.0 Å². The Morgan fingerprint density at radius 2 is 1.72 bits per heavy atom. The minimum atomic E-state index is -3.87. The van der Waals surface area contributed by atoms with E-state index in [0.29, 0.717) is 23.7 Å². The van der Waals surface area contributed by atoms with Crippen LogP contribution in [0.25, 0.3) is 10.4 Å². The van der Waals surface area contributed by atoms with E-state index in [1.807, 2.05) is 30.3 Å². The Morgan fingerprint density at radius 1 is 1.05 bits per heavy atom. The largest absolute Gasteiger partial charge is 0.465 e. The lowest BCUT2D eigenvalue weighted by Crippen LogP contribution is -2.40. The quantitative estimate of drug-likeness (QED) is 0.183. The predicted octanol–water partition coefficient (Wildman–Crippen LogP) is 6.92. The average Bonchev–Trinajstić information content (AvgIpc) is 3.42. The number of rotatable bonds is 8. The van der Waals surface area contributed by atoms with Crippen LogP contribution in [0.4, 0.5) is 15.3 Å². The van der Waals surface area contributed by atoms with Crippen molar-refractivity contribution in [3.63, 3.8) is 0 Å². The first-order chi connectivity index (χ1) is 20.2. The molecule has 1 aromatic heterocycles. The predicted molar refractivity (Wildman–Crippen MR) is 172 cm³/mol. The molecule has 4 rings (SSSR count). The lowest BCUT2D eigenvalue weighted by Gasteiger charge is -2.22. The van der Waals surface area contributed by atoms with E-state index in [2.05, 4.69) is 25.7 Å². The summed E-state index contributed by atoms with van der Waals surface area (Å²) in [6.07, 6.45) is 6.76. The minimum absolute atomic E-state index is 0.0255. The number of sulfonamides is 1. The van der Waals surface area contributed by atoms with Crippen molar-refractivity contribution in [2.75, 3.05) is 5.32 Å². The fourth-order valence-corrected chi connectivity index (χ4v) is 7.49. The highest BCUT2D eigenvalue weighted by Gasteiger charge is 2.27. The lowest BCUT2D eigenvalue weighted by molar-refractivity contribution is 0.191. The molecule has 1 heterocycles. The molecule has 5 N–H and O–H groups in total. The van der Waals surface area contributed by atoms with Crippen molar-refractivity contribution in [3.05, 3.63) is 65.3 Å². The number of urea groups is 1. The summed E-state index contributed by atoms with van der Waals surface area (Å²) in [7, 11) is -3.87. The molecule has 43 heavy (non-hydrogen) atoms. The van der Waals surface area contributed by atoms with Crippen LogP contribution < -0.4 is 20.7 Å². The number of hydrogen-bond donors (Lipinski definition) is 5. The number of carboxylic acid groups (broad SMARTS) is 1. The standard InChI is InChI=1S/C27H34N4O3S2.C4H9NO2/c1-27(2,3)31-36(33,34)24-16-21(30-26(32)29-17-19-10-6-4-7-11-19)14-15-22(24)23-18-28-25(35-23)20-12-8-5-9-13-20;1-3(2)5-4(6)7/h4,6-7,10-11,14-16,18,20,31H,5,8-9,12-13,17H2,1-3H3,(H2,29,30,32);3,5H,1-2H3,(H,6,7). The fourth-order valence-electron chi connectivity index (χ4n) is 4.63. The van der Waals surface area contributed by atoms with Gasteiger partial charge in [-0.25, -0.2) is 27.7 Å². The molecular formula is C31H43N5O5S2. The van der Waals surface area contributed by atoms with Crippen LogP contribution in [0.5, 0.6) is 0 Å². The normalized spacial score (nSPS) is 14.0. The summed E-state index contributed by atoms with van der Waals surface area (Å²) in [5.74, 6) is 0.444. The number of hydrogen-bond acceptors (Lipinski definition) is 6. The molecule has 0 spiro atoms. The maximum Gasteiger partial charge on any atom is 0.404 e. The van der Waals surface area contributed by atoms with Crippen molar-refractivity contribution in [2.45, 2.75) is 95.7 Å². The second-order valence-electron chi connectivity index (χ2n) is 11.9. The first-order valence-electron chi connectivity index (χ1n) is 14.5. The number of carbonyl (C=O) groups is 2. The van der Waals surface area contributed by atoms with E-state index >= 15 is 0 Å². The number of aromatic nitrogens is 1. The van der Waals surface area contributed by atoms with Crippen LogP contribution in [0.15, 0.2) is 59.6 Å². The second-order valence-corrected chi connectivity index (χ2v) is 14.6. The van der Waals surface area contributed by atoms with Gasteiger partial charge in [-0.15, -0.1) is 11.3 Å². The van der Waals surface area contributed by atoms with Crippen LogP contribution in [0.1, 0.15) is 83.2 Å². The van der Waals surface area contributed by atoms with Crippen molar-refractivity contribution < 1.29 is 23.1 Å². The summed E-state index contributed by atoms with van der Waals surface area (Å²) in [5, 5.41) is 16.8. The van der Waals surface area contributed by atoms with Gasteiger partial charge in [0, 0.05) is 41.5 Å². The van der Waals surface area contributed by atoms with Crippen molar-refractivity contribution in [3.8, 4) is 10.4 Å². The highest BCUT2D eigenvalue weighted by molar-refractivity contribution is 7.89. The molecule has 0 saturated heterocycles. The molecule has 0 radical (unpaired) electrons. The van der Waals surface area contributed by atoms with E-state index in [1.54, 1.807) is 64.3 Å². The molecule has 234 valence electrons. The molecule has 2 aromatic carbocycles. The first-order valence-corrected chi connectivity index (χ1v) is 16.8. The van der Waals surface area contributed by atoms with Crippen LogP contribution >= 0.6 is 11.3 Å². The molecule has 1 aliphatic carbocycles. The number of nitrogens with zero attached hydrogens (tertiary/aromatic N) is 1. The topological polar surface area (TPSA) is 150 Å². The van der Waals surface area contributed by atoms with Crippen molar-refractivity contribution >= 4 is 39.2 Å². The third-order valence-corrected chi connectivity index (χ3v) is 9.41. The van der Waals surface area contributed by atoms with Gasteiger partial charge in [-0.1, -0.05) is 55.7 Å². The average molecular weight is 630 g/mol. The summed E-state index contributed by atoms with van der Waals surface area (Å²) in [4.78, 5) is 27.8. The van der Waals surface area contributed by atoms with Crippen LogP contribution in [0.3, 0.4) is 0 Å². The third kappa shape index (κ3) is 11.3. The van der Waals surface area contributed by atoms with Gasteiger partial charge in [-0.2, -0.15) is 0 Å². The first kappa shape index (κ1) is 34.0. The maximum absolute atomic E-state index is 13.4. The van der Waals surface area contributed by atoms with Gasteiger partial charge in [0.05, 0.1) is 14.8 Å². The molecule has 3 aromatic rings. The fraction of sp³-hybridized carbons (Fsp3) is 0.452. The summed E-state index contributed by atoms with van der Waals surface area (Å²) in [6, 6.07) is 14.2. The number of carbonyl (C=O) groups excluding carboxylic acids is 1. The van der Waals surface area contributed by atoms with Crippen molar-refractivity contribution in [1.29, 1.82) is 0 Å². The Morgan fingerprint density at radius 3 is 2.30 bits per heavy atom. The van der Waals surface area contributed by atoms with Crippen molar-refractivity contribution in [1.82, 2.24) is 20.3 Å². The van der Waals surface area contributed by atoms with Gasteiger partial charge in [0.25, 0.3) is 0 Å². The van der Waals surface area contributed by atoms with Crippen LogP contribution in [0.2, 0.25) is 0 Å². The Labute approximate surface area is 258 Å². The smallest absolute Gasteiger partial charge is 0.404 e. The monoisotopic (exact) mass is 629 g/mol.